The Kier molecular flexibility index (Phi) is 7.21. The molecular formula is C15H17BrN2O2Y-2. The Balaban J connectivity index is 0.000000216. The van der Waals surface area contributed by atoms with Crippen molar-refractivity contribution in [2.45, 2.75) is 26.6 Å². The van der Waals surface area contributed by atoms with Crippen molar-refractivity contribution in [1.82, 2.24) is 4.98 Å². The molecule has 3 rings (SSSR count). The van der Waals surface area contributed by atoms with E-state index >= 15 is 0 Å². The number of hydrogen-bond acceptors (Lipinski definition) is 3. The molecule has 4 nitrogen and oxygen atoms in total. The van der Waals surface area contributed by atoms with Gasteiger partial charge < -0.3 is 15.2 Å². The van der Waals surface area contributed by atoms with Crippen LogP contribution in [0.3, 0.4) is 0 Å². The third-order valence-corrected chi connectivity index (χ3v) is 3.92. The van der Waals surface area contributed by atoms with E-state index in [0.29, 0.717) is 12.5 Å². The summed E-state index contributed by atoms with van der Waals surface area (Å²) in [6.45, 7) is 6.37. The first-order valence-corrected chi connectivity index (χ1v) is 7.06. The predicted octanol–water partition coefficient (Wildman–Crippen LogP) is 5.00. The average Bonchev–Trinajstić information content (AvgIpc) is 2.37. The number of rotatable bonds is 1. The number of halogens is 1. The molecule has 6 heteroatoms. The average molecular weight is 426 g/mol. The van der Waals surface area contributed by atoms with Crippen LogP contribution in [-0.2, 0) is 42.2 Å². The number of ether oxygens (including phenoxy) is 2. The zero-order chi connectivity index (χ0) is 14.8. The molecule has 0 saturated carbocycles. The maximum atomic E-state index is 7.65. The molecule has 21 heavy (non-hydrogen) atoms. The van der Waals surface area contributed by atoms with Crippen LogP contribution in [0.1, 0.15) is 20.8 Å². The van der Waals surface area contributed by atoms with Crippen molar-refractivity contribution in [1.29, 1.82) is 0 Å². The van der Waals surface area contributed by atoms with Crippen molar-refractivity contribution in [3.63, 3.8) is 0 Å². The molecule has 0 aliphatic carbocycles. The number of hydrogen-bond donors (Lipinski definition) is 0. The standard InChI is InChI=1S/C9H6BrN2.C6H11O2.Y/c10-7-5-12-4-6-2-1-3-8(11)9(6)7;1-5(2)6(3)7-4-8-6;/h1-5,11H;4H2,1-3H3;/q2*-1;. The quantitative estimate of drug-likeness (QED) is 0.604. The molecule has 1 aromatic carbocycles. The molecule has 1 aromatic heterocycles. The van der Waals surface area contributed by atoms with Crippen LogP contribution >= 0.6 is 15.9 Å². The van der Waals surface area contributed by atoms with Gasteiger partial charge in [0.2, 0.25) is 0 Å². The van der Waals surface area contributed by atoms with Crippen LogP contribution in [0.15, 0.2) is 35.1 Å². The van der Waals surface area contributed by atoms with Gasteiger partial charge in [0.05, 0.1) is 5.79 Å². The molecule has 1 aliphatic rings. The molecule has 1 N–H and O–H groups in total. The Morgan fingerprint density at radius 3 is 2.38 bits per heavy atom. The first-order chi connectivity index (χ1) is 9.44. The number of nitrogens with one attached hydrogen (secondary N) is 1. The summed E-state index contributed by atoms with van der Waals surface area (Å²) in [5.74, 6) is 0.809. The Hall–Kier alpha value is -0.0661. The van der Waals surface area contributed by atoms with E-state index in [-0.39, 0.29) is 38.5 Å². The summed E-state index contributed by atoms with van der Waals surface area (Å²) >= 11 is 3.37. The fourth-order valence-electron chi connectivity index (χ4n) is 1.72. The summed E-state index contributed by atoms with van der Waals surface area (Å²) in [5, 5.41) is 1.92. The second kappa shape index (κ2) is 7.98. The number of benzene rings is 1. The SMILES string of the molecule is C[C-](C)C1(C)OCO1.[NH-]c1cccc2cncc(Br)c12.[Y]. The molecule has 111 valence electrons. The zero-order valence-corrected chi connectivity index (χ0v) is 16.7. The number of fused-ring (bicyclic) bond motifs is 1. The summed E-state index contributed by atoms with van der Waals surface area (Å²) in [6.07, 6.45) is 3.47. The Bertz CT molecular complexity index is 566. The van der Waals surface area contributed by atoms with Crippen LogP contribution in [0.25, 0.3) is 16.5 Å². The van der Waals surface area contributed by atoms with E-state index in [0.717, 1.165) is 15.2 Å². The summed E-state index contributed by atoms with van der Waals surface area (Å²) in [4.78, 5) is 4.02. The van der Waals surface area contributed by atoms with Crippen molar-refractivity contribution >= 4 is 32.4 Å². The molecule has 0 atom stereocenters. The molecular weight excluding hydrogens is 409 g/mol. The van der Waals surface area contributed by atoms with E-state index in [9.17, 15) is 0 Å². The molecule has 1 saturated heterocycles. The summed E-state index contributed by atoms with van der Waals surface area (Å²) < 4.78 is 11.1. The molecule has 0 spiro atoms. The van der Waals surface area contributed by atoms with E-state index < -0.39 is 0 Å². The van der Waals surface area contributed by atoms with Crippen LogP contribution in [0.2, 0.25) is 0 Å². The second-order valence-corrected chi connectivity index (χ2v) is 5.73. The molecule has 1 radical (unpaired) electrons. The Morgan fingerprint density at radius 2 is 1.95 bits per heavy atom. The van der Waals surface area contributed by atoms with Crippen molar-refractivity contribution in [3.8, 4) is 0 Å². The van der Waals surface area contributed by atoms with Gasteiger partial charge in [-0.25, -0.2) is 0 Å². The van der Waals surface area contributed by atoms with Crippen molar-refractivity contribution in [3.05, 3.63) is 46.7 Å². The molecule has 0 bridgehead atoms. The van der Waals surface area contributed by atoms with E-state index in [1.165, 1.54) is 5.92 Å². The summed E-state index contributed by atoms with van der Waals surface area (Å²) in [6, 6.07) is 5.58. The van der Waals surface area contributed by atoms with Crippen LogP contribution in [0.4, 0.5) is 5.69 Å². The topological polar surface area (TPSA) is 55.2 Å². The first-order valence-electron chi connectivity index (χ1n) is 6.26. The number of pyridine rings is 1. The second-order valence-electron chi connectivity index (χ2n) is 4.88. The maximum absolute atomic E-state index is 7.65. The van der Waals surface area contributed by atoms with Crippen LogP contribution < -0.4 is 0 Å². The van der Waals surface area contributed by atoms with Gasteiger partial charge in [-0.1, -0.05) is 18.2 Å². The van der Waals surface area contributed by atoms with E-state index in [1.54, 1.807) is 18.5 Å². The van der Waals surface area contributed by atoms with Crippen molar-refractivity contribution in [2.75, 3.05) is 6.79 Å². The van der Waals surface area contributed by atoms with Gasteiger partial charge in [-0.2, -0.15) is 13.8 Å². The summed E-state index contributed by atoms with van der Waals surface area (Å²) in [7, 11) is 0. The van der Waals surface area contributed by atoms with Crippen molar-refractivity contribution < 1.29 is 42.2 Å². The van der Waals surface area contributed by atoms with E-state index in [4.69, 9.17) is 15.2 Å². The van der Waals surface area contributed by atoms with Crippen molar-refractivity contribution in [2.24, 2.45) is 0 Å². The fourth-order valence-corrected chi connectivity index (χ4v) is 2.28. The molecule has 1 fully saturated rings. The molecule has 2 heterocycles. The molecule has 1 aliphatic heterocycles. The smallest absolute Gasteiger partial charge is 0.147 e. The minimum atomic E-state index is -0.361. The van der Waals surface area contributed by atoms with Gasteiger partial charge in [-0.05, 0) is 33.6 Å². The van der Waals surface area contributed by atoms with E-state index in [1.807, 2.05) is 32.9 Å². The molecule has 0 unspecified atom stereocenters. The minimum Gasteiger partial charge on any atom is -0.698 e. The normalized spacial score (nSPS) is 15.7. The van der Waals surface area contributed by atoms with Crippen LogP contribution in [-0.4, -0.2) is 17.6 Å². The third-order valence-electron chi connectivity index (χ3n) is 3.31. The monoisotopic (exact) mass is 425 g/mol. The van der Waals surface area contributed by atoms with Gasteiger partial charge in [0, 0.05) is 49.6 Å². The number of aromatic nitrogens is 1. The largest absolute Gasteiger partial charge is 0.698 e. The first kappa shape index (κ1) is 19.0. The number of nitrogens with zero attached hydrogens (tertiary/aromatic N) is 1. The molecule has 2 aromatic rings. The van der Waals surface area contributed by atoms with Gasteiger partial charge in [-0.3, -0.25) is 10.9 Å². The van der Waals surface area contributed by atoms with Crippen LogP contribution in [0, 0.1) is 5.92 Å². The summed E-state index contributed by atoms with van der Waals surface area (Å²) in [5.41, 5.74) is 8.18. The van der Waals surface area contributed by atoms with Gasteiger partial charge in [0.15, 0.2) is 0 Å². The zero-order valence-electron chi connectivity index (χ0n) is 12.3. The maximum Gasteiger partial charge on any atom is 0.147 e. The Morgan fingerprint density at radius 1 is 1.29 bits per heavy atom. The van der Waals surface area contributed by atoms with Crippen LogP contribution in [0.5, 0.6) is 0 Å². The minimum absolute atomic E-state index is 0. The van der Waals surface area contributed by atoms with Gasteiger partial charge in [0.1, 0.15) is 6.79 Å². The third kappa shape index (κ3) is 4.46. The van der Waals surface area contributed by atoms with Gasteiger partial charge in [-0.15, -0.1) is 5.69 Å². The predicted molar refractivity (Wildman–Crippen MR) is 83.5 cm³/mol. The van der Waals surface area contributed by atoms with E-state index in [2.05, 4.69) is 20.9 Å². The Labute approximate surface area is 158 Å². The van der Waals surface area contributed by atoms with Gasteiger partial charge in [0.25, 0.3) is 0 Å². The van der Waals surface area contributed by atoms with Gasteiger partial charge >= 0.3 is 0 Å². The molecule has 0 amide bonds. The fraction of sp³-hybridized carbons (Fsp3) is 0.333.